The molecule has 0 unspecified atom stereocenters. The molecule has 7 heteroatoms. The first-order valence-electron chi connectivity index (χ1n) is 6.39. The van der Waals surface area contributed by atoms with Crippen molar-refractivity contribution in [2.24, 2.45) is 11.7 Å². The fourth-order valence-electron chi connectivity index (χ4n) is 2.24. The minimum Gasteiger partial charge on any atom is -0.326 e. The molecule has 0 amide bonds. The van der Waals surface area contributed by atoms with Gasteiger partial charge in [0.05, 0.1) is 0 Å². The van der Waals surface area contributed by atoms with E-state index in [1.165, 1.54) is 11.3 Å². The Bertz CT molecular complexity index is 519. The Morgan fingerprint density at radius 3 is 2.74 bits per heavy atom. The zero-order valence-corrected chi connectivity index (χ0v) is 13.5. The molecule has 0 bridgehead atoms. The molecule has 2 heterocycles. The molecule has 1 aliphatic heterocycles. The summed E-state index contributed by atoms with van der Waals surface area (Å²) in [6.07, 6.45) is 2.19. The Labute approximate surface area is 123 Å². The van der Waals surface area contributed by atoms with Gasteiger partial charge in [-0.25, -0.2) is 13.1 Å². The van der Waals surface area contributed by atoms with Crippen molar-refractivity contribution < 1.29 is 8.42 Å². The van der Waals surface area contributed by atoms with Gasteiger partial charge in [0.25, 0.3) is 0 Å². The van der Waals surface area contributed by atoms with E-state index in [1.54, 1.807) is 0 Å². The summed E-state index contributed by atoms with van der Waals surface area (Å²) in [6, 6.07) is 0. The molecular weight excluding hydrogens is 300 g/mol. The Hall–Kier alpha value is -0.0800. The fourth-order valence-corrected chi connectivity index (χ4v) is 6.26. The van der Waals surface area contributed by atoms with Gasteiger partial charge in [-0.2, -0.15) is 11.8 Å². The molecule has 19 heavy (non-hydrogen) atoms. The first-order chi connectivity index (χ1) is 9.04. The predicted octanol–water partition coefficient (Wildman–Crippen LogP) is 1.94. The Kier molecular flexibility index (Phi) is 5.30. The lowest BCUT2D eigenvalue weighted by molar-refractivity contribution is 0.476. The maximum absolute atomic E-state index is 12.4. The van der Waals surface area contributed by atoms with Gasteiger partial charge in [0.1, 0.15) is 4.90 Å². The Morgan fingerprint density at radius 2 is 2.11 bits per heavy atom. The zero-order valence-electron chi connectivity index (χ0n) is 11.0. The Morgan fingerprint density at radius 1 is 1.42 bits per heavy atom. The lowest BCUT2D eigenvalue weighted by Crippen LogP contribution is -2.31. The van der Waals surface area contributed by atoms with E-state index in [1.807, 2.05) is 24.1 Å². The van der Waals surface area contributed by atoms with Crippen molar-refractivity contribution in [3.63, 3.8) is 0 Å². The molecule has 1 aromatic heterocycles. The van der Waals surface area contributed by atoms with Crippen LogP contribution < -0.4 is 10.5 Å². The summed E-state index contributed by atoms with van der Waals surface area (Å²) in [7, 11) is -3.42. The minimum atomic E-state index is -3.42. The SMILES string of the molecule is Cc1csc(CN)c1S(=O)(=O)NCC1CCSCC1. The monoisotopic (exact) mass is 320 g/mol. The topological polar surface area (TPSA) is 72.2 Å². The summed E-state index contributed by atoms with van der Waals surface area (Å²) < 4.78 is 27.5. The third-order valence-corrected chi connectivity index (χ3v) is 7.30. The van der Waals surface area contributed by atoms with E-state index in [0.717, 1.165) is 34.8 Å². The average molecular weight is 321 g/mol. The molecule has 0 spiro atoms. The second-order valence-corrected chi connectivity index (χ2v) is 8.68. The number of thiophene rings is 1. The number of sulfonamides is 1. The molecule has 0 aliphatic carbocycles. The highest BCUT2D eigenvalue weighted by atomic mass is 32.2. The fraction of sp³-hybridized carbons (Fsp3) is 0.667. The van der Waals surface area contributed by atoms with Crippen LogP contribution in [0.3, 0.4) is 0 Å². The number of rotatable bonds is 5. The van der Waals surface area contributed by atoms with Gasteiger partial charge >= 0.3 is 0 Å². The first kappa shape index (κ1) is 15.3. The summed E-state index contributed by atoms with van der Waals surface area (Å²) >= 11 is 3.36. The number of hydrogen-bond donors (Lipinski definition) is 2. The van der Waals surface area contributed by atoms with Gasteiger partial charge in [0.15, 0.2) is 0 Å². The van der Waals surface area contributed by atoms with Crippen LogP contribution in [0.5, 0.6) is 0 Å². The third-order valence-electron chi connectivity index (χ3n) is 3.35. The number of nitrogens with one attached hydrogen (secondary N) is 1. The van der Waals surface area contributed by atoms with Gasteiger partial charge < -0.3 is 5.73 Å². The van der Waals surface area contributed by atoms with Crippen molar-refractivity contribution in [1.29, 1.82) is 0 Å². The highest BCUT2D eigenvalue weighted by molar-refractivity contribution is 7.99. The van der Waals surface area contributed by atoms with Crippen molar-refractivity contribution in [2.75, 3.05) is 18.1 Å². The molecule has 4 nitrogen and oxygen atoms in total. The van der Waals surface area contributed by atoms with Crippen molar-refractivity contribution in [3.05, 3.63) is 15.8 Å². The summed E-state index contributed by atoms with van der Waals surface area (Å²) in [5.41, 5.74) is 6.40. The second kappa shape index (κ2) is 6.58. The van der Waals surface area contributed by atoms with Crippen molar-refractivity contribution in [1.82, 2.24) is 4.72 Å². The third kappa shape index (κ3) is 3.72. The van der Waals surface area contributed by atoms with Crippen LogP contribution >= 0.6 is 23.1 Å². The van der Waals surface area contributed by atoms with E-state index in [4.69, 9.17) is 5.73 Å². The van der Waals surface area contributed by atoms with E-state index in [0.29, 0.717) is 17.4 Å². The molecule has 108 valence electrons. The van der Waals surface area contributed by atoms with Crippen LogP contribution in [0.25, 0.3) is 0 Å². The molecule has 1 fully saturated rings. The molecule has 0 atom stereocenters. The second-order valence-electron chi connectivity index (χ2n) is 4.78. The number of aryl methyl sites for hydroxylation is 1. The van der Waals surface area contributed by atoms with Crippen LogP contribution in [-0.4, -0.2) is 26.5 Å². The van der Waals surface area contributed by atoms with Gasteiger partial charge in [-0.1, -0.05) is 0 Å². The lowest BCUT2D eigenvalue weighted by atomic mass is 10.0. The molecule has 2 rings (SSSR count). The number of hydrogen-bond acceptors (Lipinski definition) is 5. The standard InChI is InChI=1S/C12H20N2O2S3/c1-9-8-18-11(6-13)12(9)19(15,16)14-7-10-2-4-17-5-3-10/h8,10,14H,2-7,13H2,1H3. The first-order valence-corrected chi connectivity index (χ1v) is 9.91. The minimum absolute atomic E-state index is 0.273. The van der Waals surface area contributed by atoms with E-state index in [-0.39, 0.29) is 6.54 Å². The van der Waals surface area contributed by atoms with E-state index in [2.05, 4.69) is 4.72 Å². The Balaban J connectivity index is 2.07. The van der Waals surface area contributed by atoms with E-state index < -0.39 is 10.0 Å². The molecule has 1 aliphatic rings. The molecule has 0 radical (unpaired) electrons. The van der Waals surface area contributed by atoms with Gasteiger partial charge in [-0.3, -0.25) is 0 Å². The summed E-state index contributed by atoms with van der Waals surface area (Å²) in [4.78, 5) is 1.13. The summed E-state index contributed by atoms with van der Waals surface area (Å²) in [6.45, 7) is 2.64. The summed E-state index contributed by atoms with van der Waals surface area (Å²) in [5, 5.41) is 1.86. The molecule has 0 aromatic carbocycles. The largest absolute Gasteiger partial charge is 0.326 e. The van der Waals surface area contributed by atoms with Crippen molar-refractivity contribution in [3.8, 4) is 0 Å². The molecule has 0 saturated carbocycles. The van der Waals surface area contributed by atoms with Crippen molar-refractivity contribution >= 4 is 33.1 Å². The maximum Gasteiger partial charge on any atom is 0.241 e. The quantitative estimate of drug-likeness (QED) is 0.869. The van der Waals surface area contributed by atoms with Gasteiger partial charge in [0.2, 0.25) is 10.0 Å². The molecule has 3 N–H and O–H groups in total. The van der Waals surface area contributed by atoms with Crippen LogP contribution in [0, 0.1) is 12.8 Å². The zero-order chi connectivity index (χ0) is 13.9. The average Bonchev–Trinajstić information content (AvgIpc) is 2.80. The van der Waals surface area contributed by atoms with Crippen LogP contribution in [0.4, 0.5) is 0 Å². The van der Waals surface area contributed by atoms with Crippen LogP contribution in [0.15, 0.2) is 10.3 Å². The normalized spacial score (nSPS) is 17.8. The van der Waals surface area contributed by atoms with Crippen LogP contribution in [-0.2, 0) is 16.6 Å². The van der Waals surface area contributed by atoms with Crippen molar-refractivity contribution in [2.45, 2.75) is 31.2 Å². The van der Waals surface area contributed by atoms with Crippen LogP contribution in [0.1, 0.15) is 23.3 Å². The highest BCUT2D eigenvalue weighted by Gasteiger charge is 2.24. The van der Waals surface area contributed by atoms with Gasteiger partial charge in [-0.15, -0.1) is 11.3 Å². The van der Waals surface area contributed by atoms with E-state index in [9.17, 15) is 8.42 Å². The highest BCUT2D eigenvalue weighted by Crippen LogP contribution is 2.27. The van der Waals surface area contributed by atoms with Crippen LogP contribution in [0.2, 0.25) is 0 Å². The molecule has 1 saturated heterocycles. The van der Waals surface area contributed by atoms with E-state index >= 15 is 0 Å². The smallest absolute Gasteiger partial charge is 0.241 e. The van der Waals surface area contributed by atoms with Gasteiger partial charge in [0, 0.05) is 18.0 Å². The molecule has 1 aromatic rings. The lowest BCUT2D eigenvalue weighted by Gasteiger charge is -2.21. The molecular formula is C12H20N2O2S3. The number of nitrogens with two attached hydrogens (primary N) is 1. The predicted molar refractivity (Wildman–Crippen MR) is 82.2 cm³/mol. The summed E-state index contributed by atoms with van der Waals surface area (Å²) in [5.74, 6) is 2.74. The number of thioether (sulfide) groups is 1. The maximum atomic E-state index is 12.4. The van der Waals surface area contributed by atoms with Gasteiger partial charge in [-0.05, 0) is 48.1 Å².